The van der Waals surface area contributed by atoms with E-state index in [9.17, 15) is 4.79 Å². The number of hydrogen-bond donors (Lipinski definition) is 1. The summed E-state index contributed by atoms with van der Waals surface area (Å²) < 4.78 is 13.1. The lowest BCUT2D eigenvalue weighted by Crippen LogP contribution is -2.16. The van der Waals surface area contributed by atoms with Crippen molar-refractivity contribution in [2.24, 2.45) is 0 Å². The maximum Gasteiger partial charge on any atom is 0.257 e. The van der Waals surface area contributed by atoms with Crippen LogP contribution in [0.1, 0.15) is 23.2 Å². The minimum atomic E-state index is -0.226. The van der Waals surface area contributed by atoms with E-state index in [0.29, 0.717) is 29.4 Å². The highest BCUT2D eigenvalue weighted by Gasteiger charge is 2.16. The molecule has 4 rings (SSSR count). The van der Waals surface area contributed by atoms with Gasteiger partial charge < -0.3 is 14.8 Å². The number of anilines is 1. The molecular formula is C20H20N4O3. The number of carbonyl (C=O) groups is 1. The van der Waals surface area contributed by atoms with Crippen LogP contribution in [0.2, 0.25) is 0 Å². The van der Waals surface area contributed by atoms with Crippen molar-refractivity contribution in [3.63, 3.8) is 0 Å². The number of aromatic nitrogens is 3. The summed E-state index contributed by atoms with van der Waals surface area (Å²) in [5, 5.41) is 2.87. The van der Waals surface area contributed by atoms with Gasteiger partial charge in [0.1, 0.15) is 24.5 Å². The van der Waals surface area contributed by atoms with Crippen LogP contribution < -0.4 is 10.1 Å². The summed E-state index contributed by atoms with van der Waals surface area (Å²) in [4.78, 5) is 20.7. The van der Waals surface area contributed by atoms with Gasteiger partial charge in [0.2, 0.25) is 0 Å². The van der Waals surface area contributed by atoms with Crippen molar-refractivity contribution in [1.29, 1.82) is 0 Å². The minimum absolute atomic E-state index is 0.156. The van der Waals surface area contributed by atoms with E-state index < -0.39 is 0 Å². The van der Waals surface area contributed by atoms with Gasteiger partial charge in [-0.05, 0) is 37.1 Å². The fourth-order valence-corrected chi connectivity index (χ4v) is 2.90. The van der Waals surface area contributed by atoms with E-state index in [1.807, 2.05) is 18.2 Å². The van der Waals surface area contributed by atoms with Gasteiger partial charge in [0, 0.05) is 37.0 Å². The smallest absolute Gasteiger partial charge is 0.257 e. The second-order valence-corrected chi connectivity index (χ2v) is 6.30. The first kappa shape index (κ1) is 17.2. The molecule has 0 saturated carbocycles. The fourth-order valence-electron chi connectivity index (χ4n) is 2.90. The number of amides is 1. The van der Waals surface area contributed by atoms with Crippen LogP contribution in [0.15, 0.2) is 61.3 Å². The third kappa shape index (κ3) is 4.32. The van der Waals surface area contributed by atoms with Crippen LogP contribution in [0.3, 0.4) is 0 Å². The van der Waals surface area contributed by atoms with E-state index in [-0.39, 0.29) is 12.0 Å². The van der Waals surface area contributed by atoms with Crippen molar-refractivity contribution >= 4 is 11.6 Å². The monoisotopic (exact) mass is 364 g/mol. The van der Waals surface area contributed by atoms with Crippen LogP contribution in [0, 0.1) is 0 Å². The summed E-state index contributed by atoms with van der Waals surface area (Å²) in [5.74, 6) is 1.18. The fraction of sp³-hybridized carbons (Fsp3) is 0.250. The van der Waals surface area contributed by atoms with Crippen molar-refractivity contribution in [2.45, 2.75) is 18.9 Å². The average Bonchev–Trinajstić information content (AvgIpc) is 3.41. The van der Waals surface area contributed by atoms with Gasteiger partial charge in [0.25, 0.3) is 5.91 Å². The van der Waals surface area contributed by atoms with E-state index in [4.69, 9.17) is 9.47 Å². The number of hydrogen-bond acceptors (Lipinski definition) is 5. The molecule has 1 aliphatic rings. The lowest BCUT2D eigenvalue weighted by molar-refractivity contribution is 0.0680. The second kappa shape index (κ2) is 8.01. The molecule has 3 aromatic rings. The molecule has 0 spiro atoms. The number of carbonyl (C=O) groups excluding carboxylic acids is 1. The van der Waals surface area contributed by atoms with E-state index in [1.54, 1.807) is 47.7 Å². The molecule has 2 aromatic heterocycles. The van der Waals surface area contributed by atoms with Crippen LogP contribution in [0.5, 0.6) is 5.75 Å². The largest absolute Gasteiger partial charge is 0.491 e. The van der Waals surface area contributed by atoms with Crippen LogP contribution in [-0.4, -0.2) is 39.8 Å². The maximum atomic E-state index is 12.5. The molecule has 7 nitrogen and oxygen atoms in total. The zero-order chi connectivity index (χ0) is 18.5. The summed E-state index contributed by atoms with van der Waals surface area (Å²) in [6.07, 6.45) is 8.94. The van der Waals surface area contributed by atoms with Gasteiger partial charge in [-0.2, -0.15) is 0 Å². The van der Waals surface area contributed by atoms with Crippen LogP contribution in [0.25, 0.3) is 5.82 Å². The number of rotatable bonds is 6. The Kier molecular flexibility index (Phi) is 5.11. The summed E-state index contributed by atoms with van der Waals surface area (Å²) in [6, 6.07) is 10.9. The Morgan fingerprint density at radius 1 is 1.33 bits per heavy atom. The number of pyridine rings is 1. The van der Waals surface area contributed by atoms with Gasteiger partial charge in [-0.25, -0.2) is 9.97 Å². The van der Waals surface area contributed by atoms with Gasteiger partial charge in [0.05, 0.1) is 11.7 Å². The Labute approximate surface area is 157 Å². The summed E-state index contributed by atoms with van der Waals surface area (Å²) in [5.41, 5.74) is 1.15. The third-order valence-electron chi connectivity index (χ3n) is 4.33. The molecule has 1 amide bonds. The lowest BCUT2D eigenvalue weighted by Gasteiger charge is -2.12. The molecule has 3 heterocycles. The molecule has 1 aromatic carbocycles. The van der Waals surface area contributed by atoms with Gasteiger partial charge in [-0.15, -0.1) is 0 Å². The Bertz CT molecular complexity index is 888. The summed E-state index contributed by atoms with van der Waals surface area (Å²) >= 11 is 0. The summed E-state index contributed by atoms with van der Waals surface area (Å²) in [7, 11) is 0. The van der Waals surface area contributed by atoms with Crippen molar-refractivity contribution in [1.82, 2.24) is 14.5 Å². The van der Waals surface area contributed by atoms with E-state index in [0.717, 1.165) is 19.4 Å². The predicted molar refractivity (Wildman–Crippen MR) is 100 cm³/mol. The molecule has 1 saturated heterocycles. The summed E-state index contributed by atoms with van der Waals surface area (Å²) in [6.45, 7) is 1.33. The van der Waals surface area contributed by atoms with Gasteiger partial charge in [0.15, 0.2) is 0 Å². The Morgan fingerprint density at radius 2 is 2.30 bits per heavy atom. The first-order chi connectivity index (χ1) is 13.3. The maximum absolute atomic E-state index is 12.5. The molecule has 1 N–H and O–H groups in total. The van der Waals surface area contributed by atoms with Gasteiger partial charge >= 0.3 is 0 Å². The Morgan fingerprint density at radius 3 is 3.04 bits per heavy atom. The van der Waals surface area contributed by atoms with Crippen molar-refractivity contribution in [2.75, 3.05) is 18.5 Å². The van der Waals surface area contributed by atoms with E-state index in [1.165, 1.54) is 0 Å². The molecule has 1 atom stereocenters. The first-order valence-corrected chi connectivity index (χ1v) is 8.88. The molecule has 0 aliphatic carbocycles. The molecule has 1 unspecified atom stereocenters. The topological polar surface area (TPSA) is 78.3 Å². The molecule has 7 heteroatoms. The van der Waals surface area contributed by atoms with Gasteiger partial charge in [-0.1, -0.05) is 6.07 Å². The number of nitrogens with one attached hydrogen (secondary N) is 1. The molecule has 0 bridgehead atoms. The zero-order valence-corrected chi connectivity index (χ0v) is 14.7. The lowest BCUT2D eigenvalue weighted by atomic mass is 10.2. The van der Waals surface area contributed by atoms with Crippen molar-refractivity contribution < 1.29 is 14.3 Å². The molecule has 1 fully saturated rings. The van der Waals surface area contributed by atoms with Crippen LogP contribution in [0.4, 0.5) is 5.69 Å². The van der Waals surface area contributed by atoms with Crippen molar-refractivity contribution in [3.8, 4) is 11.6 Å². The van der Waals surface area contributed by atoms with E-state index in [2.05, 4.69) is 15.3 Å². The quantitative estimate of drug-likeness (QED) is 0.727. The second-order valence-electron chi connectivity index (χ2n) is 6.30. The predicted octanol–water partition coefficient (Wildman–Crippen LogP) is 3.08. The molecule has 1 aliphatic heterocycles. The highest BCUT2D eigenvalue weighted by Crippen LogP contribution is 2.20. The Hall–Kier alpha value is -3.19. The minimum Gasteiger partial charge on any atom is -0.491 e. The molecule has 0 radical (unpaired) electrons. The number of nitrogens with zero attached hydrogens (tertiary/aromatic N) is 3. The molecule has 138 valence electrons. The number of benzene rings is 1. The highest BCUT2D eigenvalue weighted by molar-refractivity contribution is 6.04. The van der Waals surface area contributed by atoms with Crippen molar-refractivity contribution in [3.05, 3.63) is 66.9 Å². The molecule has 27 heavy (non-hydrogen) atoms. The third-order valence-corrected chi connectivity index (χ3v) is 4.33. The zero-order valence-electron chi connectivity index (χ0n) is 14.7. The van der Waals surface area contributed by atoms with Crippen LogP contribution >= 0.6 is 0 Å². The Balaban J connectivity index is 1.38. The van der Waals surface area contributed by atoms with Crippen LogP contribution in [-0.2, 0) is 4.74 Å². The molecular weight excluding hydrogens is 344 g/mol. The average molecular weight is 364 g/mol. The SMILES string of the molecule is O=C(Nc1cccc(OCC2CCCO2)c1)c1ccc(-n2ccnc2)nc1. The number of ether oxygens (including phenoxy) is 2. The highest BCUT2D eigenvalue weighted by atomic mass is 16.5. The normalized spacial score (nSPS) is 16.2. The standard InChI is InChI=1S/C20H20N4O3/c25-20(15-6-7-19(22-12-15)24-9-8-21-14-24)23-16-3-1-4-17(11-16)27-13-18-5-2-10-26-18/h1,3-4,6-9,11-12,14,18H,2,5,10,13H2,(H,23,25). The van der Waals surface area contributed by atoms with E-state index >= 15 is 0 Å². The number of imidazole rings is 1. The van der Waals surface area contributed by atoms with Gasteiger partial charge in [-0.3, -0.25) is 9.36 Å². The first-order valence-electron chi connectivity index (χ1n) is 8.88.